The molecule has 154 valence electrons. The first kappa shape index (κ1) is 20.1. The summed E-state index contributed by atoms with van der Waals surface area (Å²) >= 11 is 3.43. The van der Waals surface area contributed by atoms with Gasteiger partial charge in [0, 0.05) is 35.6 Å². The summed E-state index contributed by atoms with van der Waals surface area (Å²) in [6.07, 6.45) is 5.43. The fourth-order valence-corrected chi connectivity index (χ4v) is 3.18. The monoisotopic (exact) mass is 467 g/mol. The van der Waals surface area contributed by atoms with Crippen molar-refractivity contribution in [1.29, 1.82) is 0 Å². The van der Waals surface area contributed by atoms with E-state index < -0.39 is 0 Å². The minimum atomic E-state index is -0.171. The second-order valence-corrected chi connectivity index (χ2v) is 8.14. The molecule has 0 atom stereocenters. The Kier molecular flexibility index (Phi) is 5.80. The average Bonchev–Trinajstić information content (AvgIpc) is 3.48. The summed E-state index contributed by atoms with van der Waals surface area (Å²) in [6, 6.07) is 9.68. The minimum Gasteiger partial charge on any atom is -0.398 e. The summed E-state index contributed by atoms with van der Waals surface area (Å²) in [6.45, 7) is 2.03. The van der Waals surface area contributed by atoms with Crippen molar-refractivity contribution in [1.82, 2.24) is 20.2 Å². The molecule has 0 saturated heterocycles. The average molecular weight is 468 g/mol. The lowest BCUT2D eigenvalue weighted by atomic mass is 10.1. The van der Waals surface area contributed by atoms with Gasteiger partial charge in [0.05, 0.1) is 11.0 Å². The van der Waals surface area contributed by atoms with E-state index in [4.69, 9.17) is 5.73 Å². The Bertz CT molecular complexity index is 1090. The summed E-state index contributed by atoms with van der Waals surface area (Å²) in [5, 5.41) is 13.4. The van der Waals surface area contributed by atoms with Crippen molar-refractivity contribution in [3.05, 3.63) is 63.9 Å². The van der Waals surface area contributed by atoms with E-state index in [9.17, 15) is 4.79 Å². The van der Waals surface area contributed by atoms with Gasteiger partial charge in [-0.15, -0.1) is 0 Å². The Morgan fingerprint density at radius 3 is 2.83 bits per heavy atom. The maximum Gasteiger partial charge on any atom is 0.225 e. The molecule has 0 unspecified atom stereocenters. The van der Waals surface area contributed by atoms with Gasteiger partial charge in [-0.05, 0) is 41.3 Å². The predicted molar refractivity (Wildman–Crippen MR) is 120 cm³/mol. The van der Waals surface area contributed by atoms with Crippen molar-refractivity contribution in [3.8, 4) is 0 Å². The number of H-pyrrole nitrogens is 1. The standard InChI is InChI=1S/C21H22BrN7O/c1-12-2-4-13(5-3-12)17(23)8-15(30)10-24-21-25-11-16(22)20(27-21)26-19-9-18(28-29-19)14-6-7-14/h2-5,8-9,11,14H,6-7,10,23H2,1H3,(H3,24,25,26,27,28,29)/b17-8-. The maximum atomic E-state index is 12.3. The molecule has 1 aliphatic rings. The molecule has 0 spiro atoms. The molecule has 4 rings (SSSR count). The van der Waals surface area contributed by atoms with E-state index in [0.717, 1.165) is 16.8 Å². The van der Waals surface area contributed by atoms with E-state index in [1.54, 1.807) is 6.20 Å². The van der Waals surface area contributed by atoms with Crippen LogP contribution in [0.1, 0.15) is 35.6 Å². The van der Waals surface area contributed by atoms with Crippen LogP contribution in [0.2, 0.25) is 0 Å². The molecule has 9 heteroatoms. The number of nitrogens with one attached hydrogen (secondary N) is 3. The van der Waals surface area contributed by atoms with Crippen molar-refractivity contribution < 1.29 is 4.79 Å². The summed E-state index contributed by atoms with van der Waals surface area (Å²) in [7, 11) is 0. The van der Waals surface area contributed by atoms with E-state index in [-0.39, 0.29) is 12.3 Å². The van der Waals surface area contributed by atoms with Gasteiger partial charge in [0.1, 0.15) is 0 Å². The first-order valence-electron chi connectivity index (χ1n) is 9.64. The minimum absolute atomic E-state index is 0.0296. The molecule has 5 N–H and O–H groups in total. The van der Waals surface area contributed by atoms with Crippen LogP contribution in [0.5, 0.6) is 0 Å². The molecular weight excluding hydrogens is 446 g/mol. The number of nitrogens with zero attached hydrogens (tertiary/aromatic N) is 3. The number of aromatic nitrogens is 4. The van der Waals surface area contributed by atoms with Crippen LogP contribution in [-0.2, 0) is 4.79 Å². The molecule has 0 radical (unpaired) electrons. The van der Waals surface area contributed by atoms with Gasteiger partial charge < -0.3 is 16.4 Å². The molecule has 1 fully saturated rings. The predicted octanol–water partition coefficient (Wildman–Crippen LogP) is 3.87. The molecule has 1 aromatic carbocycles. The van der Waals surface area contributed by atoms with Crippen molar-refractivity contribution in [2.45, 2.75) is 25.7 Å². The van der Waals surface area contributed by atoms with Crippen LogP contribution >= 0.6 is 15.9 Å². The molecule has 0 aliphatic heterocycles. The van der Waals surface area contributed by atoms with E-state index in [1.165, 1.54) is 18.9 Å². The fraction of sp³-hybridized carbons (Fsp3) is 0.238. The number of nitrogens with two attached hydrogens (primary N) is 1. The summed E-state index contributed by atoms with van der Waals surface area (Å²) in [4.78, 5) is 20.9. The summed E-state index contributed by atoms with van der Waals surface area (Å²) in [5.41, 5.74) is 9.52. The molecule has 0 amide bonds. The number of hydrogen-bond acceptors (Lipinski definition) is 7. The van der Waals surface area contributed by atoms with E-state index >= 15 is 0 Å². The zero-order chi connectivity index (χ0) is 21.1. The third kappa shape index (κ3) is 5.04. The fourth-order valence-electron chi connectivity index (χ4n) is 2.89. The Hall–Kier alpha value is -3.20. The van der Waals surface area contributed by atoms with Crippen molar-refractivity contribution in [3.63, 3.8) is 0 Å². The van der Waals surface area contributed by atoms with Crippen LogP contribution < -0.4 is 16.4 Å². The zero-order valence-corrected chi connectivity index (χ0v) is 18.0. The molecule has 30 heavy (non-hydrogen) atoms. The highest BCUT2D eigenvalue weighted by Crippen LogP contribution is 2.39. The Labute approximate surface area is 182 Å². The Balaban J connectivity index is 1.38. The number of aryl methyl sites for hydroxylation is 1. The lowest BCUT2D eigenvalue weighted by Crippen LogP contribution is -2.15. The van der Waals surface area contributed by atoms with Crippen LogP contribution in [0.25, 0.3) is 5.70 Å². The quantitative estimate of drug-likeness (QED) is 0.370. The molecule has 0 bridgehead atoms. The normalized spacial score (nSPS) is 13.9. The first-order valence-corrected chi connectivity index (χ1v) is 10.4. The van der Waals surface area contributed by atoms with Gasteiger partial charge >= 0.3 is 0 Å². The number of benzene rings is 1. The highest BCUT2D eigenvalue weighted by molar-refractivity contribution is 9.10. The third-order valence-electron chi connectivity index (χ3n) is 4.73. The molecule has 1 saturated carbocycles. The third-order valence-corrected chi connectivity index (χ3v) is 5.31. The smallest absolute Gasteiger partial charge is 0.225 e. The number of carbonyl (C=O) groups is 1. The van der Waals surface area contributed by atoms with E-state index in [0.29, 0.717) is 33.7 Å². The number of carbonyl (C=O) groups excluding carboxylic acids is 1. The molecule has 1 aliphatic carbocycles. The lowest BCUT2D eigenvalue weighted by Gasteiger charge is -2.08. The van der Waals surface area contributed by atoms with Crippen molar-refractivity contribution >= 4 is 45.0 Å². The molecule has 2 heterocycles. The number of anilines is 3. The van der Waals surface area contributed by atoms with Crippen LogP contribution in [0.4, 0.5) is 17.6 Å². The second kappa shape index (κ2) is 8.66. The van der Waals surface area contributed by atoms with Crippen molar-refractivity contribution in [2.24, 2.45) is 5.73 Å². The summed E-state index contributed by atoms with van der Waals surface area (Å²) < 4.78 is 0.693. The van der Waals surface area contributed by atoms with Gasteiger partial charge in [-0.2, -0.15) is 10.1 Å². The van der Waals surface area contributed by atoms with Gasteiger partial charge in [-0.1, -0.05) is 29.8 Å². The number of ketones is 1. The highest BCUT2D eigenvalue weighted by Gasteiger charge is 2.25. The van der Waals surface area contributed by atoms with Crippen molar-refractivity contribution in [2.75, 3.05) is 17.2 Å². The van der Waals surface area contributed by atoms with Crippen LogP contribution in [-0.4, -0.2) is 32.5 Å². The molecular formula is C21H22BrN7O. The SMILES string of the molecule is Cc1ccc(/C(N)=C/C(=O)CNc2ncc(Br)c(Nc3cc(C4CC4)[nH]n3)n2)cc1. The second-order valence-electron chi connectivity index (χ2n) is 7.28. The van der Waals surface area contributed by atoms with Gasteiger partial charge in [0.15, 0.2) is 17.4 Å². The topological polar surface area (TPSA) is 122 Å². The highest BCUT2D eigenvalue weighted by atomic mass is 79.9. The Morgan fingerprint density at radius 2 is 2.10 bits per heavy atom. The largest absolute Gasteiger partial charge is 0.398 e. The number of aromatic amines is 1. The van der Waals surface area contributed by atoms with E-state index in [2.05, 4.69) is 46.7 Å². The van der Waals surface area contributed by atoms with Crippen LogP contribution in [0.3, 0.4) is 0 Å². The summed E-state index contributed by atoms with van der Waals surface area (Å²) in [5.74, 6) is 1.99. The van der Waals surface area contributed by atoms with Crippen LogP contribution in [0, 0.1) is 6.92 Å². The number of rotatable bonds is 8. The van der Waals surface area contributed by atoms with E-state index in [1.807, 2.05) is 37.3 Å². The van der Waals surface area contributed by atoms with Gasteiger partial charge in [0.25, 0.3) is 0 Å². The van der Waals surface area contributed by atoms with Gasteiger partial charge in [-0.3, -0.25) is 9.89 Å². The lowest BCUT2D eigenvalue weighted by molar-refractivity contribution is -0.113. The number of halogens is 1. The van der Waals surface area contributed by atoms with Gasteiger partial charge in [0.2, 0.25) is 5.95 Å². The van der Waals surface area contributed by atoms with Gasteiger partial charge in [-0.25, -0.2) is 4.98 Å². The zero-order valence-electron chi connectivity index (χ0n) is 16.4. The molecule has 2 aromatic heterocycles. The molecule has 3 aromatic rings. The Morgan fingerprint density at radius 1 is 1.33 bits per heavy atom. The molecule has 8 nitrogen and oxygen atoms in total. The number of hydrogen-bond donors (Lipinski definition) is 4. The van der Waals surface area contributed by atoms with Crippen LogP contribution in [0.15, 0.2) is 47.1 Å². The first-order chi connectivity index (χ1) is 14.5. The maximum absolute atomic E-state index is 12.3.